The van der Waals surface area contributed by atoms with Crippen LogP contribution in [0, 0.1) is 6.92 Å². The van der Waals surface area contributed by atoms with Crippen LogP contribution in [-0.2, 0) is 24.2 Å². The van der Waals surface area contributed by atoms with Gasteiger partial charge in [-0.25, -0.2) is 14.8 Å². The first-order valence-electron chi connectivity index (χ1n) is 12.2. The van der Waals surface area contributed by atoms with E-state index in [2.05, 4.69) is 25.9 Å². The molecule has 0 aliphatic heterocycles. The second-order valence-electron chi connectivity index (χ2n) is 8.87. The van der Waals surface area contributed by atoms with Crippen LogP contribution in [-0.4, -0.2) is 38.6 Å². The molecule has 2 heterocycles. The minimum Gasteiger partial charge on any atom is -0.480 e. The number of benzene rings is 3. The Labute approximate surface area is 232 Å². The molecule has 0 bridgehead atoms. The van der Waals surface area contributed by atoms with Gasteiger partial charge in [0, 0.05) is 29.4 Å². The smallest absolute Gasteiger partial charge is 0.416 e. The number of amides is 1. The molecule has 10 heteroatoms. The van der Waals surface area contributed by atoms with Crippen molar-refractivity contribution in [2.45, 2.75) is 26.3 Å². The average molecular weight is 590 g/mol. The molecule has 0 fully saturated rings. The summed E-state index contributed by atoms with van der Waals surface area (Å²) in [4.78, 5) is 34.5. The van der Waals surface area contributed by atoms with Crippen LogP contribution < -0.4 is 4.74 Å². The number of nitrogens with zero attached hydrogens (tertiary/aromatic N) is 3. The summed E-state index contributed by atoms with van der Waals surface area (Å²) in [5.74, 6) is 1.04. The normalized spacial score (nSPS) is 11.0. The van der Waals surface area contributed by atoms with E-state index < -0.39 is 18.6 Å². The molecule has 0 aliphatic rings. The summed E-state index contributed by atoms with van der Waals surface area (Å²) in [6.07, 6.45) is 0.352. The highest BCUT2D eigenvalue weighted by molar-refractivity contribution is 9.10. The number of carbonyl (C=O) groups excluding carboxylic acids is 1. The number of rotatable bonds is 9. The van der Waals surface area contributed by atoms with Gasteiger partial charge in [0.25, 0.3) is 0 Å². The third-order valence-electron chi connectivity index (χ3n) is 5.96. The maximum Gasteiger partial charge on any atom is 0.416 e. The molecule has 5 aromatic rings. The first kappa shape index (κ1) is 26.2. The highest BCUT2D eigenvalue weighted by Crippen LogP contribution is 2.24. The molecular weight excluding hydrogens is 566 g/mol. The molecule has 0 aliphatic carbocycles. The molecule has 3 aromatic carbocycles. The lowest BCUT2D eigenvalue weighted by Gasteiger charge is -2.20. The standard InChI is InChI=1S/C29H24BrN3O6/c1-18-23(32-28(37-18)20-5-3-2-4-6-20)12-14-26-31-24-15-19(7-13-25(24)39-26)16-33(17-27(34)35)29(36)38-22-10-8-21(30)9-11-22/h2-11,13,15H,12,14,16-17H2,1H3,(H,34,35). The Morgan fingerprint density at radius 1 is 0.974 bits per heavy atom. The molecule has 0 saturated heterocycles. The summed E-state index contributed by atoms with van der Waals surface area (Å²) in [5, 5.41) is 9.33. The number of hydrogen-bond acceptors (Lipinski definition) is 7. The van der Waals surface area contributed by atoms with Crippen molar-refractivity contribution in [2.24, 2.45) is 0 Å². The number of hydrogen-bond donors (Lipinski definition) is 1. The summed E-state index contributed by atoms with van der Waals surface area (Å²) in [6.45, 7) is 1.40. The maximum atomic E-state index is 12.7. The summed E-state index contributed by atoms with van der Waals surface area (Å²) in [7, 11) is 0. The largest absolute Gasteiger partial charge is 0.480 e. The van der Waals surface area contributed by atoms with Crippen LogP contribution in [0.25, 0.3) is 22.6 Å². The lowest BCUT2D eigenvalue weighted by molar-refractivity contribution is -0.138. The van der Waals surface area contributed by atoms with Crippen LogP contribution in [0.4, 0.5) is 4.79 Å². The van der Waals surface area contributed by atoms with Gasteiger partial charge in [-0.15, -0.1) is 0 Å². The van der Waals surface area contributed by atoms with E-state index in [9.17, 15) is 14.7 Å². The minimum atomic E-state index is -1.15. The summed E-state index contributed by atoms with van der Waals surface area (Å²) >= 11 is 3.32. The highest BCUT2D eigenvalue weighted by atomic mass is 79.9. The van der Waals surface area contributed by atoms with E-state index in [4.69, 9.17) is 13.6 Å². The quantitative estimate of drug-likeness (QED) is 0.209. The van der Waals surface area contributed by atoms with Crippen molar-refractivity contribution in [1.82, 2.24) is 14.9 Å². The first-order chi connectivity index (χ1) is 18.8. The number of fused-ring (bicyclic) bond motifs is 1. The number of carboxylic acid groups (broad SMARTS) is 1. The second kappa shape index (κ2) is 11.5. The fourth-order valence-corrected chi connectivity index (χ4v) is 4.32. The van der Waals surface area contributed by atoms with E-state index in [0.717, 1.165) is 26.4 Å². The van der Waals surface area contributed by atoms with E-state index in [-0.39, 0.29) is 6.54 Å². The third-order valence-corrected chi connectivity index (χ3v) is 6.49. The van der Waals surface area contributed by atoms with Crippen molar-refractivity contribution in [2.75, 3.05) is 6.54 Å². The number of oxazole rings is 2. The van der Waals surface area contributed by atoms with Gasteiger partial charge in [0.2, 0.25) is 5.89 Å². The van der Waals surface area contributed by atoms with E-state index in [1.807, 2.05) is 37.3 Å². The van der Waals surface area contributed by atoms with Crippen molar-refractivity contribution >= 4 is 39.1 Å². The van der Waals surface area contributed by atoms with Gasteiger partial charge in [-0.2, -0.15) is 0 Å². The van der Waals surface area contributed by atoms with Gasteiger partial charge in [0.1, 0.15) is 23.6 Å². The summed E-state index contributed by atoms with van der Waals surface area (Å²) in [6, 6.07) is 21.7. The fraction of sp³-hybridized carbons (Fsp3) is 0.172. The Morgan fingerprint density at radius 2 is 1.74 bits per heavy atom. The second-order valence-corrected chi connectivity index (χ2v) is 9.78. The molecule has 5 rings (SSSR count). The lowest BCUT2D eigenvalue weighted by atomic mass is 10.2. The number of carbonyl (C=O) groups is 2. The van der Waals surface area contributed by atoms with Gasteiger partial charge in [-0.05, 0) is 61.0 Å². The van der Waals surface area contributed by atoms with Crippen molar-refractivity contribution in [3.63, 3.8) is 0 Å². The predicted octanol–water partition coefficient (Wildman–Crippen LogP) is 6.42. The Hall–Kier alpha value is -4.44. The van der Waals surface area contributed by atoms with Crippen LogP contribution in [0.3, 0.4) is 0 Å². The number of ether oxygens (including phenoxy) is 1. The maximum absolute atomic E-state index is 12.7. The van der Waals surface area contributed by atoms with Gasteiger partial charge in [0.15, 0.2) is 11.5 Å². The molecule has 39 heavy (non-hydrogen) atoms. The van der Waals surface area contributed by atoms with Crippen LogP contribution >= 0.6 is 15.9 Å². The zero-order valence-electron chi connectivity index (χ0n) is 21.0. The molecule has 2 aromatic heterocycles. The minimum absolute atomic E-state index is 0.0280. The van der Waals surface area contributed by atoms with Crippen molar-refractivity contribution < 1.29 is 28.3 Å². The average Bonchev–Trinajstić information content (AvgIpc) is 3.51. The monoisotopic (exact) mass is 589 g/mol. The van der Waals surface area contributed by atoms with Gasteiger partial charge in [-0.1, -0.05) is 40.2 Å². The zero-order valence-corrected chi connectivity index (χ0v) is 22.6. The molecule has 0 unspecified atom stereocenters. The fourth-order valence-electron chi connectivity index (χ4n) is 4.05. The van der Waals surface area contributed by atoms with Gasteiger partial charge < -0.3 is 18.7 Å². The Balaban J connectivity index is 1.27. The molecule has 0 atom stereocenters. The van der Waals surface area contributed by atoms with Crippen LogP contribution in [0.5, 0.6) is 5.75 Å². The topological polar surface area (TPSA) is 119 Å². The molecule has 1 N–H and O–H groups in total. The Kier molecular flexibility index (Phi) is 7.74. The van der Waals surface area contributed by atoms with E-state index >= 15 is 0 Å². The first-order valence-corrected chi connectivity index (χ1v) is 13.0. The lowest BCUT2D eigenvalue weighted by Crippen LogP contribution is -2.37. The van der Waals surface area contributed by atoms with Crippen LogP contribution in [0.1, 0.15) is 22.9 Å². The molecule has 198 valence electrons. The van der Waals surface area contributed by atoms with Gasteiger partial charge >= 0.3 is 12.1 Å². The molecular formula is C29H24BrN3O6. The Bertz CT molecular complexity index is 1610. The molecule has 0 radical (unpaired) electrons. The number of halogens is 1. The number of aryl methyl sites for hydroxylation is 3. The van der Waals surface area contributed by atoms with Crippen molar-refractivity contribution in [3.05, 3.63) is 100 Å². The molecule has 0 saturated carbocycles. The van der Waals surface area contributed by atoms with Gasteiger partial charge in [0.05, 0.1) is 5.69 Å². The summed E-state index contributed by atoms with van der Waals surface area (Å²) < 4.78 is 17.9. The number of aromatic nitrogens is 2. The van der Waals surface area contributed by atoms with Crippen molar-refractivity contribution in [3.8, 4) is 17.2 Å². The van der Waals surface area contributed by atoms with E-state index in [1.165, 1.54) is 0 Å². The van der Waals surface area contributed by atoms with Crippen molar-refractivity contribution in [1.29, 1.82) is 0 Å². The van der Waals surface area contributed by atoms with Gasteiger partial charge in [-0.3, -0.25) is 9.69 Å². The van der Waals surface area contributed by atoms with E-state index in [1.54, 1.807) is 42.5 Å². The SMILES string of the molecule is Cc1oc(-c2ccccc2)nc1CCc1nc2cc(CN(CC(=O)O)C(=O)Oc3ccc(Br)cc3)ccc2o1. The van der Waals surface area contributed by atoms with Crippen LogP contribution in [0.2, 0.25) is 0 Å². The number of carboxylic acids is 1. The molecule has 9 nitrogen and oxygen atoms in total. The summed E-state index contributed by atoms with van der Waals surface area (Å²) in [5.41, 5.74) is 3.65. The number of aliphatic carboxylic acids is 1. The zero-order chi connectivity index (χ0) is 27.4. The Morgan fingerprint density at radius 3 is 2.49 bits per heavy atom. The van der Waals surface area contributed by atoms with Crippen LogP contribution in [0.15, 0.2) is 86.1 Å². The third kappa shape index (κ3) is 6.53. The van der Waals surface area contributed by atoms with E-state index in [0.29, 0.717) is 47.0 Å². The predicted molar refractivity (Wildman–Crippen MR) is 146 cm³/mol. The highest BCUT2D eigenvalue weighted by Gasteiger charge is 2.20. The molecule has 1 amide bonds. The molecule has 0 spiro atoms.